The number of furan rings is 1. The molecular formula is C17H16N4O3S. The summed E-state index contributed by atoms with van der Waals surface area (Å²) in [4.78, 5) is 24.0. The minimum Gasteiger partial charge on any atom is -0.463 e. The zero-order valence-corrected chi connectivity index (χ0v) is 14.2. The zero-order chi connectivity index (χ0) is 17.6. The monoisotopic (exact) mass is 356 g/mol. The molecule has 8 heteroatoms. The van der Waals surface area contributed by atoms with Gasteiger partial charge >= 0.3 is 0 Å². The van der Waals surface area contributed by atoms with Crippen LogP contribution < -0.4 is 10.6 Å². The summed E-state index contributed by atoms with van der Waals surface area (Å²) < 4.78 is 5.21. The first-order valence-corrected chi connectivity index (χ1v) is 8.48. The third-order valence-corrected chi connectivity index (χ3v) is 4.45. The minimum atomic E-state index is -0.526. The maximum Gasteiger partial charge on any atom is 0.240 e. The molecule has 1 atom stereocenters. The van der Waals surface area contributed by atoms with Crippen molar-refractivity contribution in [3.63, 3.8) is 0 Å². The molecule has 1 aliphatic rings. The maximum absolute atomic E-state index is 12.1. The van der Waals surface area contributed by atoms with Gasteiger partial charge in [-0.25, -0.2) is 0 Å². The smallest absolute Gasteiger partial charge is 0.240 e. The molecule has 2 aromatic rings. The van der Waals surface area contributed by atoms with E-state index in [1.54, 1.807) is 37.5 Å². The first-order valence-electron chi connectivity index (χ1n) is 7.60. The summed E-state index contributed by atoms with van der Waals surface area (Å²) in [5, 5.41) is 13.3. The first kappa shape index (κ1) is 17.0. The molecule has 0 spiro atoms. The van der Waals surface area contributed by atoms with E-state index in [-0.39, 0.29) is 18.2 Å². The number of para-hydroxylation sites is 1. The number of nitrogens with one attached hydrogen (secondary N) is 2. The predicted molar refractivity (Wildman–Crippen MR) is 97.6 cm³/mol. The van der Waals surface area contributed by atoms with Crippen LogP contribution in [0.2, 0.25) is 0 Å². The molecule has 2 heterocycles. The first-order chi connectivity index (χ1) is 12.1. The summed E-state index contributed by atoms with van der Waals surface area (Å²) in [6.45, 7) is 1.76. The Morgan fingerprint density at radius 2 is 2.08 bits per heavy atom. The van der Waals surface area contributed by atoms with Crippen LogP contribution in [0, 0.1) is 0 Å². The van der Waals surface area contributed by atoms with Crippen LogP contribution in [0.4, 0.5) is 5.69 Å². The second-order valence-corrected chi connectivity index (χ2v) is 6.47. The molecule has 0 radical (unpaired) electrons. The van der Waals surface area contributed by atoms with E-state index >= 15 is 0 Å². The second-order valence-electron chi connectivity index (χ2n) is 5.28. The molecule has 1 aromatic heterocycles. The fourth-order valence-corrected chi connectivity index (χ4v) is 3.06. The van der Waals surface area contributed by atoms with E-state index in [9.17, 15) is 9.59 Å². The lowest BCUT2D eigenvalue weighted by Gasteiger charge is -2.06. The van der Waals surface area contributed by atoms with Crippen LogP contribution in [-0.4, -0.2) is 27.9 Å². The quantitative estimate of drug-likeness (QED) is 0.636. The van der Waals surface area contributed by atoms with Gasteiger partial charge in [-0.05, 0) is 31.2 Å². The molecule has 7 nitrogen and oxygen atoms in total. The number of carbonyl (C=O) groups excluding carboxylic acids is 2. The number of nitrogens with zero attached hydrogens (tertiary/aromatic N) is 2. The number of rotatable bonds is 5. The van der Waals surface area contributed by atoms with Crippen LogP contribution in [0.15, 0.2) is 63.3 Å². The Morgan fingerprint density at radius 1 is 1.28 bits per heavy atom. The topological polar surface area (TPSA) is 96.1 Å². The van der Waals surface area contributed by atoms with Crippen molar-refractivity contribution in [2.45, 2.75) is 18.6 Å². The van der Waals surface area contributed by atoms with Crippen molar-refractivity contribution >= 4 is 40.1 Å². The average molecular weight is 356 g/mol. The van der Waals surface area contributed by atoms with Gasteiger partial charge in [-0.3, -0.25) is 9.59 Å². The van der Waals surface area contributed by atoms with E-state index < -0.39 is 5.25 Å². The summed E-state index contributed by atoms with van der Waals surface area (Å²) >= 11 is 1.19. The molecule has 2 N–H and O–H groups in total. The zero-order valence-electron chi connectivity index (χ0n) is 13.4. The molecule has 1 saturated heterocycles. The van der Waals surface area contributed by atoms with Crippen molar-refractivity contribution in [3.05, 3.63) is 54.5 Å². The largest absolute Gasteiger partial charge is 0.463 e. The molecule has 1 fully saturated rings. The number of benzene rings is 1. The number of carbonyl (C=O) groups is 2. The lowest BCUT2D eigenvalue weighted by atomic mass is 10.2. The molecule has 1 aromatic carbocycles. The molecular weight excluding hydrogens is 340 g/mol. The summed E-state index contributed by atoms with van der Waals surface area (Å²) in [7, 11) is 0. The Balaban J connectivity index is 1.58. The molecule has 0 bridgehead atoms. The number of hydrogen-bond donors (Lipinski definition) is 2. The molecule has 2 amide bonds. The van der Waals surface area contributed by atoms with Gasteiger partial charge in [0, 0.05) is 12.1 Å². The summed E-state index contributed by atoms with van der Waals surface area (Å²) in [6, 6.07) is 12.6. The SMILES string of the molecule is C/C(=N/N=C1\NC(=O)[C@@H](CC(=O)Nc2ccccc2)S1)c1ccco1. The molecule has 0 unspecified atom stereocenters. The van der Waals surface area contributed by atoms with Crippen molar-refractivity contribution < 1.29 is 14.0 Å². The Morgan fingerprint density at radius 3 is 2.80 bits per heavy atom. The van der Waals surface area contributed by atoms with E-state index in [4.69, 9.17) is 4.42 Å². The summed E-state index contributed by atoms with van der Waals surface area (Å²) in [5.41, 5.74) is 1.29. The van der Waals surface area contributed by atoms with Crippen LogP contribution in [0.5, 0.6) is 0 Å². The molecule has 128 valence electrons. The third kappa shape index (κ3) is 4.57. The van der Waals surface area contributed by atoms with Gasteiger partial charge in [0.2, 0.25) is 11.8 Å². The standard InChI is InChI=1S/C17H16N4O3S/c1-11(13-8-5-9-24-13)20-21-17-19-16(23)14(25-17)10-15(22)18-12-6-3-2-4-7-12/h2-9,14H,10H2,1H3,(H,18,22)(H,19,21,23)/b20-11-/t14-/m1/s1. The Hall–Kier alpha value is -2.87. The Labute approximate surface area is 148 Å². The van der Waals surface area contributed by atoms with Crippen LogP contribution in [0.25, 0.3) is 0 Å². The average Bonchev–Trinajstić information content (AvgIpc) is 3.24. The fraction of sp³-hybridized carbons (Fsp3) is 0.176. The normalized spacial score (nSPS) is 19.1. The molecule has 1 aliphatic heterocycles. The number of amidine groups is 1. The van der Waals surface area contributed by atoms with Gasteiger partial charge in [-0.1, -0.05) is 30.0 Å². The maximum atomic E-state index is 12.1. The molecule has 25 heavy (non-hydrogen) atoms. The lowest BCUT2D eigenvalue weighted by molar-refractivity contribution is -0.122. The van der Waals surface area contributed by atoms with Gasteiger partial charge < -0.3 is 15.1 Å². The summed E-state index contributed by atoms with van der Waals surface area (Å²) in [6.07, 6.45) is 1.61. The highest BCUT2D eigenvalue weighted by atomic mass is 32.2. The number of hydrogen-bond acceptors (Lipinski definition) is 6. The van der Waals surface area contributed by atoms with Crippen LogP contribution in [0.1, 0.15) is 19.1 Å². The van der Waals surface area contributed by atoms with Gasteiger partial charge in [0.15, 0.2) is 5.17 Å². The van der Waals surface area contributed by atoms with E-state index in [0.717, 1.165) is 0 Å². The lowest BCUT2D eigenvalue weighted by Crippen LogP contribution is -2.28. The van der Waals surface area contributed by atoms with Crippen LogP contribution in [0.3, 0.4) is 0 Å². The third-order valence-electron chi connectivity index (χ3n) is 3.37. The molecule has 3 rings (SSSR count). The fourth-order valence-electron chi connectivity index (χ4n) is 2.14. The molecule has 0 saturated carbocycles. The molecule has 0 aliphatic carbocycles. The Bertz CT molecular complexity index is 816. The number of thioether (sulfide) groups is 1. The van der Waals surface area contributed by atoms with Gasteiger partial charge in [0.05, 0.1) is 6.26 Å². The predicted octanol–water partition coefficient (Wildman–Crippen LogP) is 2.62. The van der Waals surface area contributed by atoms with Crippen molar-refractivity contribution in [1.82, 2.24) is 5.32 Å². The van der Waals surface area contributed by atoms with Gasteiger partial charge in [-0.2, -0.15) is 0 Å². The highest BCUT2D eigenvalue weighted by Crippen LogP contribution is 2.23. The highest BCUT2D eigenvalue weighted by molar-refractivity contribution is 8.15. The van der Waals surface area contributed by atoms with E-state index in [0.29, 0.717) is 22.3 Å². The van der Waals surface area contributed by atoms with Crippen LogP contribution in [-0.2, 0) is 9.59 Å². The van der Waals surface area contributed by atoms with Crippen molar-refractivity contribution in [2.24, 2.45) is 10.2 Å². The number of amides is 2. The minimum absolute atomic E-state index is 0.0608. The van der Waals surface area contributed by atoms with Gasteiger partial charge in [0.25, 0.3) is 0 Å². The van der Waals surface area contributed by atoms with E-state index in [1.807, 2.05) is 18.2 Å². The van der Waals surface area contributed by atoms with Crippen molar-refractivity contribution in [3.8, 4) is 0 Å². The second kappa shape index (κ2) is 7.80. The van der Waals surface area contributed by atoms with Gasteiger partial charge in [-0.15, -0.1) is 10.2 Å². The van der Waals surface area contributed by atoms with E-state index in [1.165, 1.54) is 11.8 Å². The van der Waals surface area contributed by atoms with E-state index in [2.05, 4.69) is 20.8 Å². The number of anilines is 1. The summed E-state index contributed by atoms with van der Waals surface area (Å²) in [5.74, 6) is 0.130. The highest BCUT2D eigenvalue weighted by Gasteiger charge is 2.32. The van der Waals surface area contributed by atoms with Crippen molar-refractivity contribution in [1.29, 1.82) is 0 Å². The van der Waals surface area contributed by atoms with Gasteiger partial charge in [0.1, 0.15) is 16.7 Å². The van der Waals surface area contributed by atoms with Crippen LogP contribution >= 0.6 is 11.8 Å². The van der Waals surface area contributed by atoms with Crippen molar-refractivity contribution in [2.75, 3.05) is 5.32 Å². The Kier molecular flexibility index (Phi) is 5.30.